The van der Waals surface area contributed by atoms with Crippen molar-refractivity contribution in [2.75, 3.05) is 0 Å². The largest absolute Gasteiger partial charge is 0.0654 e. The minimum atomic E-state index is 1.26. The highest BCUT2D eigenvalue weighted by molar-refractivity contribution is 5.41. The van der Waals surface area contributed by atoms with Crippen molar-refractivity contribution in [2.24, 2.45) is 0 Å². The van der Waals surface area contributed by atoms with Crippen LogP contribution in [0.3, 0.4) is 0 Å². The normalized spacial score (nSPS) is 11.5. The average Bonchev–Trinajstić information content (AvgIpc) is 3.00. The van der Waals surface area contributed by atoms with E-state index < -0.39 is 0 Å². The van der Waals surface area contributed by atoms with Crippen LogP contribution >= 0.6 is 0 Å². The fourth-order valence-electron chi connectivity index (χ4n) is 7.03. The fourth-order valence-corrected chi connectivity index (χ4v) is 7.03. The van der Waals surface area contributed by atoms with Gasteiger partial charge in [0.15, 0.2) is 0 Å². The lowest BCUT2D eigenvalue weighted by atomic mass is 9.88. The van der Waals surface area contributed by atoms with Gasteiger partial charge >= 0.3 is 0 Å². The van der Waals surface area contributed by atoms with Crippen molar-refractivity contribution in [2.45, 2.75) is 233 Å². The van der Waals surface area contributed by atoms with Crippen LogP contribution < -0.4 is 0 Å². The van der Waals surface area contributed by atoms with Crippen LogP contribution in [0, 0.1) is 6.92 Å². The van der Waals surface area contributed by atoms with Gasteiger partial charge in [0.2, 0.25) is 0 Å². The van der Waals surface area contributed by atoms with Crippen molar-refractivity contribution < 1.29 is 0 Å². The minimum absolute atomic E-state index is 1.26. The van der Waals surface area contributed by atoms with Crippen molar-refractivity contribution in [3.8, 4) is 0 Å². The summed E-state index contributed by atoms with van der Waals surface area (Å²) in [7, 11) is 0. The maximum atomic E-state index is 4.44. The molecule has 0 saturated carbocycles. The topological polar surface area (TPSA) is 0 Å². The molecule has 0 amide bonds. The summed E-state index contributed by atoms with van der Waals surface area (Å²) in [6.07, 6.45) is 46.6. The Morgan fingerprint density at radius 2 is 0.558 bits per heavy atom. The highest BCUT2D eigenvalue weighted by Crippen LogP contribution is 2.25. The third-order valence-corrected chi connectivity index (χ3v) is 9.87. The first kappa shape index (κ1) is 40.2. The standard InChI is InChI=1S/C43H79/c1-5-8-11-14-17-20-23-26-29-32-35-41-38-40(4)39-42(36-33-30-27-24-21-18-15-12-9-6-2)43(41)37-34-31-28-25-22-19-16-13-10-7-3/h38-39H,4-37H2,1-3H3. The lowest BCUT2D eigenvalue weighted by Crippen LogP contribution is -2.03. The maximum absolute atomic E-state index is 4.44. The van der Waals surface area contributed by atoms with Crippen LogP contribution in [-0.2, 0) is 19.3 Å². The van der Waals surface area contributed by atoms with E-state index >= 15 is 0 Å². The van der Waals surface area contributed by atoms with Gasteiger partial charge in [0, 0.05) is 0 Å². The maximum Gasteiger partial charge on any atom is -0.0238 e. The molecule has 1 aromatic carbocycles. The summed E-state index contributed by atoms with van der Waals surface area (Å²) in [5.41, 5.74) is 6.31. The molecule has 1 aromatic rings. The van der Waals surface area contributed by atoms with Crippen LogP contribution in [0.5, 0.6) is 0 Å². The van der Waals surface area contributed by atoms with Crippen LogP contribution in [0.1, 0.15) is 236 Å². The predicted molar refractivity (Wildman–Crippen MR) is 198 cm³/mol. The quantitative estimate of drug-likeness (QED) is 0.0709. The van der Waals surface area contributed by atoms with E-state index in [-0.39, 0.29) is 0 Å². The lowest BCUT2D eigenvalue weighted by Gasteiger charge is -2.17. The molecule has 0 nitrogen and oxygen atoms in total. The summed E-state index contributed by atoms with van der Waals surface area (Å²) in [5, 5.41) is 0. The Morgan fingerprint density at radius 1 is 0.326 bits per heavy atom. The van der Waals surface area contributed by atoms with Gasteiger partial charge in [-0.3, -0.25) is 0 Å². The van der Waals surface area contributed by atoms with E-state index in [0.717, 1.165) is 0 Å². The SMILES string of the molecule is [CH2]c1cc(CCCCCCCCCCCC)c(CCCCCCCCCCCC)c(CCCCCCCCCCCC)c1. The smallest absolute Gasteiger partial charge is 0.0238 e. The molecule has 0 aliphatic heterocycles. The van der Waals surface area contributed by atoms with Crippen LogP contribution in [0.4, 0.5) is 0 Å². The zero-order valence-corrected chi connectivity index (χ0v) is 30.2. The zero-order chi connectivity index (χ0) is 31.1. The molecule has 0 heterocycles. The van der Waals surface area contributed by atoms with E-state index in [4.69, 9.17) is 0 Å². The van der Waals surface area contributed by atoms with E-state index in [2.05, 4.69) is 39.8 Å². The van der Waals surface area contributed by atoms with E-state index in [1.165, 1.54) is 217 Å². The summed E-state index contributed by atoms with van der Waals surface area (Å²) < 4.78 is 0. The molecule has 251 valence electrons. The van der Waals surface area contributed by atoms with Crippen molar-refractivity contribution in [1.82, 2.24) is 0 Å². The third kappa shape index (κ3) is 24.2. The molecule has 1 rings (SSSR count). The number of benzene rings is 1. The van der Waals surface area contributed by atoms with E-state index in [0.29, 0.717) is 0 Å². The number of rotatable bonds is 33. The van der Waals surface area contributed by atoms with Gasteiger partial charge in [-0.25, -0.2) is 0 Å². The zero-order valence-electron chi connectivity index (χ0n) is 30.2. The van der Waals surface area contributed by atoms with Crippen molar-refractivity contribution in [3.63, 3.8) is 0 Å². The molecule has 0 fully saturated rings. The molecular formula is C43H79. The first-order chi connectivity index (χ1) is 21.2. The predicted octanol–water partition coefficient (Wildman–Crippen LogP) is 15.3. The van der Waals surface area contributed by atoms with E-state index in [9.17, 15) is 0 Å². The second-order valence-electron chi connectivity index (χ2n) is 14.2. The second-order valence-corrected chi connectivity index (χ2v) is 14.2. The lowest BCUT2D eigenvalue weighted by molar-refractivity contribution is 0.551. The van der Waals surface area contributed by atoms with Gasteiger partial charge in [0.1, 0.15) is 0 Å². The number of aryl methyl sites for hydroxylation is 2. The van der Waals surface area contributed by atoms with Crippen molar-refractivity contribution in [1.29, 1.82) is 0 Å². The Hall–Kier alpha value is -0.780. The van der Waals surface area contributed by atoms with Crippen molar-refractivity contribution >= 4 is 0 Å². The van der Waals surface area contributed by atoms with Gasteiger partial charge in [-0.1, -0.05) is 206 Å². The first-order valence-electron chi connectivity index (χ1n) is 20.2. The second kappa shape index (κ2) is 31.2. The molecule has 0 bridgehead atoms. The van der Waals surface area contributed by atoms with Gasteiger partial charge < -0.3 is 0 Å². The van der Waals surface area contributed by atoms with Gasteiger partial charge in [-0.05, 0) is 67.7 Å². The van der Waals surface area contributed by atoms with Gasteiger partial charge in [-0.15, -0.1) is 0 Å². The molecule has 0 unspecified atom stereocenters. The Labute approximate surface area is 273 Å². The molecule has 0 aromatic heterocycles. The molecule has 0 N–H and O–H groups in total. The van der Waals surface area contributed by atoms with Crippen LogP contribution in [-0.4, -0.2) is 0 Å². The highest BCUT2D eigenvalue weighted by Gasteiger charge is 2.11. The fraction of sp³-hybridized carbons (Fsp3) is 0.837. The Balaban J connectivity index is 2.50. The van der Waals surface area contributed by atoms with Crippen LogP contribution in [0.25, 0.3) is 0 Å². The molecule has 0 saturated heterocycles. The summed E-state index contributed by atoms with van der Waals surface area (Å²) in [6.45, 7) is 11.4. The molecule has 1 radical (unpaired) electrons. The van der Waals surface area contributed by atoms with Crippen molar-refractivity contribution in [3.05, 3.63) is 41.3 Å². The van der Waals surface area contributed by atoms with E-state index in [1.54, 1.807) is 16.7 Å². The molecule has 0 aliphatic rings. The Kier molecular flexibility index (Phi) is 29.2. The third-order valence-electron chi connectivity index (χ3n) is 9.87. The summed E-state index contributed by atoms with van der Waals surface area (Å²) in [4.78, 5) is 0. The minimum Gasteiger partial charge on any atom is -0.0654 e. The van der Waals surface area contributed by atoms with Crippen LogP contribution in [0.2, 0.25) is 0 Å². The molecule has 0 aliphatic carbocycles. The number of hydrogen-bond donors (Lipinski definition) is 0. The molecule has 0 atom stereocenters. The Bertz CT molecular complexity index is 655. The molecule has 0 heteroatoms. The summed E-state index contributed by atoms with van der Waals surface area (Å²) >= 11 is 0. The highest BCUT2D eigenvalue weighted by atomic mass is 14.2. The monoisotopic (exact) mass is 596 g/mol. The number of hydrogen-bond acceptors (Lipinski definition) is 0. The molecule has 0 spiro atoms. The number of unbranched alkanes of at least 4 members (excludes halogenated alkanes) is 27. The average molecular weight is 596 g/mol. The summed E-state index contributed by atoms with van der Waals surface area (Å²) in [5.74, 6) is 0. The van der Waals surface area contributed by atoms with Gasteiger partial charge in [0.05, 0.1) is 0 Å². The Morgan fingerprint density at radius 3 is 0.837 bits per heavy atom. The molecule has 43 heavy (non-hydrogen) atoms. The molecular weight excluding hydrogens is 516 g/mol. The van der Waals surface area contributed by atoms with E-state index in [1.807, 2.05) is 0 Å². The van der Waals surface area contributed by atoms with Gasteiger partial charge in [0.25, 0.3) is 0 Å². The summed E-state index contributed by atoms with van der Waals surface area (Å²) in [6, 6.07) is 4.92. The van der Waals surface area contributed by atoms with Crippen LogP contribution in [0.15, 0.2) is 12.1 Å². The first-order valence-corrected chi connectivity index (χ1v) is 20.2. The van der Waals surface area contributed by atoms with Gasteiger partial charge in [-0.2, -0.15) is 0 Å².